The number of nitrogens with one attached hydrogen (secondary N) is 1. The maximum atomic E-state index is 14.6. The number of ether oxygens (including phenoxy) is 1. The third kappa shape index (κ3) is 3.04. The van der Waals surface area contributed by atoms with Gasteiger partial charge in [0, 0.05) is 25.8 Å². The fraction of sp³-hybridized carbons (Fsp3) is 0.647. The molecule has 1 aromatic rings. The average molecular weight is 321 g/mol. The second kappa shape index (κ2) is 6.43. The van der Waals surface area contributed by atoms with Gasteiger partial charge in [0.25, 0.3) is 5.91 Å². The third-order valence-corrected chi connectivity index (χ3v) is 5.02. The molecule has 0 spiro atoms. The van der Waals surface area contributed by atoms with Crippen molar-refractivity contribution in [2.24, 2.45) is 0 Å². The van der Waals surface area contributed by atoms with E-state index in [2.05, 4.69) is 9.97 Å². The van der Waals surface area contributed by atoms with Gasteiger partial charge in [-0.25, -0.2) is 9.37 Å². The number of rotatable bonds is 3. The molecule has 2 aliphatic rings. The summed E-state index contributed by atoms with van der Waals surface area (Å²) in [6.07, 6.45) is 3.88. The minimum Gasteiger partial charge on any atom is -0.380 e. The van der Waals surface area contributed by atoms with Crippen molar-refractivity contribution < 1.29 is 13.9 Å². The average Bonchev–Trinajstić information content (AvgIpc) is 3.26. The fourth-order valence-corrected chi connectivity index (χ4v) is 3.48. The first-order chi connectivity index (χ1) is 11.0. The Morgan fingerprint density at radius 1 is 1.35 bits per heavy atom. The molecule has 0 radical (unpaired) electrons. The standard InChI is InChI=1S/C17H24FN3O2/c1-10-11(2)20-16(19-10)14-8-13(23-3)9-21(14)17(22)15(18)12-6-4-5-7-12/h13-14H,4-9H2,1-3H3,(H,19,20)/t13-,14+/m1/s1. The van der Waals surface area contributed by atoms with Crippen molar-refractivity contribution in [3.63, 3.8) is 0 Å². The lowest BCUT2D eigenvalue weighted by Gasteiger charge is -2.22. The van der Waals surface area contributed by atoms with Crippen LogP contribution >= 0.6 is 0 Å². The summed E-state index contributed by atoms with van der Waals surface area (Å²) in [5.74, 6) is -0.362. The lowest BCUT2D eigenvalue weighted by Crippen LogP contribution is -2.33. The Labute approximate surface area is 135 Å². The molecule has 0 bridgehead atoms. The molecule has 23 heavy (non-hydrogen) atoms. The van der Waals surface area contributed by atoms with Gasteiger partial charge in [-0.1, -0.05) is 0 Å². The Morgan fingerprint density at radius 3 is 2.61 bits per heavy atom. The zero-order valence-electron chi connectivity index (χ0n) is 14.0. The smallest absolute Gasteiger partial charge is 0.283 e. The Kier molecular flexibility index (Phi) is 4.53. The van der Waals surface area contributed by atoms with Crippen LogP contribution < -0.4 is 0 Å². The van der Waals surface area contributed by atoms with Crippen molar-refractivity contribution in [1.29, 1.82) is 0 Å². The highest BCUT2D eigenvalue weighted by Gasteiger charge is 2.40. The van der Waals surface area contributed by atoms with Crippen LogP contribution in [0.25, 0.3) is 0 Å². The Balaban J connectivity index is 1.88. The number of methoxy groups -OCH3 is 1. The number of likely N-dealkylation sites (tertiary alicyclic amines) is 1. The molecular formula is C17H24FN3O2. The number of nitrogens with zero attached hydrogens (tertiary/aromatic N) is 2. The number of imidazole rings is 1. The number of halogens is 1. The van der Waals surface area contributed by atoms with E-state index in [4.69, 9.17) is 4.74 Å². The van der Waals surface area contributed by atoms with Gasteiger partial charge in [0.2, 0.25) is 0 Å². The van der Waals surface area contributed by atoms with Crippen LogP contribution in [0.5, 0.6) is 0 Å². The summed E-state index contributed by atoms with van der Waals surface area (Å²) in [7, 11) is 1.63. The minimum absolute atomic E-state index is 0.0870. The molecule has 1 aliphatic carbocycles. The first-order valence-electron chi connectivity index (χ1n) is 8.25. The molecule has 0 unspecified atom stereocenters. The van der Waals surface area contributed by atoms with E-state index >= 15 is 0 Å². The topological polar surface area (TPSA) is 58.2 Å². The predicted octanol–water partition coefficient (Wildman–Crippen LogP) is 3.11. The minimum atomic E-state index is -0.566. The molecule has 2 atom stereocenters. The summed E-state index contributed by atoms with van der Waals surface area (Å²) in [4.78, 5) is 22.0. The third-order valence-electron chi connectivity index (χ3n) is 5.02. The van der Waals surface area contributed by atoms with E-state index < -0.39 is 11.7 Å². The lowest BCUT2D eigenvalue weighted by molar-refractivity contribution is -0.130. The normalized spacial score (nSPS) is 24.5. The maximum absolute atomic E-state index is 14.6. The van der Waals surface area contributed by atoms with Crippen molar-refractivity contribution in [2.45, 2.75) is 58.1 Å². The molecule has 2 heterocycles. The van der Waals surface area contributed by atoms with E-state index in [0.29, 0.717) is 31.4 Å². The zero-order chi connectivity index (χ0) is 16.6. The van der Waals surface area contributed by atoms with Crippen LogP contribution in [0.4, 0.5) is 4.39 Å². The number of carbonyl (C=O) groups is 1. The number of H-pyrrole nitrogens is 1. The first-order valence-corrected chi connectivity index (χ1v) is 8.25. The van der Waals surface area contributed by atoms with Gasteiger partial charge in [-0.3, -0.25) is 4.79 Å². The number of amides is 1. The van der Waals surface area contributed by atoms with Crippen molar-refractivity contribution in [3.8, 4) is 0 Å². The summed E-state index contributed by atoms with van der Waals surface area (Å²) in [5, 5.41) is 0. The molecule has 1 saturated heterocycles. The molecule has 0 aromatic carbocycles. The quantitative estimate of drug-likeness (QED) is 0.870. The summed E-state index contributed by atoms with van der Waals surface area (Å²) >= 11 is 0. The maximum Gasteiger partial charge on any atom is 0.283 e. The van der Waals surface area contributed by atoms with Crippen molar-refractivity contribution in [3.05, 3.63) is 28.6 Å². The van der Waals surface area contributed by atoms with E-state index in [1.165, 1.54) is 0 Å². The molecule has 5 nitrogen and oxygen atoms in total. The Morgan fingerprint density at radius 2 is 2.04 bits per heavy atom. The Bertz CT molecular complexity index is 610. The molecule has 2 fully saturated rings. The number of aromatic nitrogens is 2. The SMILES string of the molecule is CO[C@@H]1C[C@@H](c2nc(C)c(C)[nH]2)N(C(=O)C(F)=C2CCCC2)C1. The molecule has 1 amide bonds. The number of hydrogen-bond acceptors (Lipinski definition) is 3. The summed E-state index contributed by atoms with van der Waals surface area (Å²) in [6, 6.07) is -0.257. The highest BCUT2D eigenvalue weighted by Crippen LogP contribution is 2.35. The van der Waals surface area contributed by atoms with Gasteiger partial charge in [-0.15, -0.1) is 0 Å². The molecule has 1 aliphatic heterocycles. The number of carbonyl (C=O) groups excluding carboxylic acids is 1. The van der Waals surface area contributed by atoms with Crippen LogP contribution in [0.15, 0.2) is 11.4 Å². The van der Waals surface area contributed by atoms with Crippen molar-refractivity contribution in [2.75, 3.05) is 13.7 Å². The van der Waals surface area contributed by atoms with Gasteiger partial charge in [0.15, 0.2) is 5.83 Å². The van der Waals surface area contributed by atoms with E-state index in [0.717, 1.165) is 30.1 Å². The van der Waals surface area contributed by atoms with Crippen molar-refractivity contribution in [1.82, 2.24) is 14.9 Å². The van der Waals surface area contributed by atoms with E-state index in [1.807, 2.05) is 13.8 Å². The monoisotopic (exact) mass is 321 g/mol. The molecule has 126 valence electrons. The summed E-state index contributed by atoms with van der Waals surface area (Å²) < 4.78 is 20.0. The number of aryl methyl sites for hydroxylation is 2. The molecule has 1 saturated carbocycles. The van der Waals surface area contributed by atoms with Crippen molar-refractivity contribution >= 4 is 5.91 Å². The van der Waals surface area contributed by atoms with Crippen LogP contribution in [0.3, 0.4) is 0 Å². The van der Waals surface area contributed by atoms with Crippen LogP contribution in [-0.2, 0) is 9.53 Å². The number of aromatic amines is 1. The largest absolute Gasteiger partial charge is 0.380 e. The van der Waals surface area contributed by atoms with E-state index in [9.17, 15) is 9.18 Å². The second-order valence-electron chi connectivity index (χ2n) is 6.52. The van der Waals surface area contributed by atoms with Gasteiger partial charge in [-0.05, 0) is 45.1 Å². The highest BCUT2D eigenvalue weighted by atomic mass is 19.1. The van der Waals surface area contributed by atoms with Gasteiger partial charge in [0.1, 0.15) is 5.82 Å². The van der Waals surface area contributed by atoms with Crippen LogP contribution in [0.2, 0.25) is 0 Å². The van der Waals surface area contributed by atoms with Crippen LogP contribution in [0.1, 0.15) is 55.4 Å². The zero-order valence-corrected chi connectivity index (χ0v) is 14.0. The lowest BCUT2D eigenvalue weighted by atomic mass is 10.1. The first kappa shape index (κ1) is 16.2. The molecule has 1 N–H and O–H groups in total. The Hall–Kier alpha value is -1.69. The molecule has 1 aromatic heterocycles. The number of hydrogen-bond donors (Lipinski definition) is 1. The van der Waals surface area contributed by atoms with Crippen LogP contribution in [0, 0.1) is 13.8 Å². The van der Waals surface area contributed by atoms with Gasteiger partial charge in [0.05, 0.1) is 17.8 Å². The molecule has 3 rings (SSSR count). The van der Waals surface area contributed by atoms with E-state index in [1.54, 1.807) is 12.0 Å². The highest BCUT2D eigenvalue weighted by molar-refractivity contribution is 5.92. The fourth-order valence-electron chi connectivity index (χ4n) is 3.48. The predicted molar refractivity (Wildman–Crippen MR) is 84.5 cm³/mol. The molecule has 6 heteroatoms. The molecular weight excluding hydrogens is 297 g/mol. The van der Waals surface area contributed by atoms with Gasteiger partial charge in [-0.2, -0.15) is 0 Å². The van der Waals surface area contributed by atoms with Crippen LogP contribution in [-0.4, -0.2) is 40.5 Å². The van der Waals surface area contributed by atoms with Gasteiger partial charge >= 0.3 is 0 Å². The van der Waals surface area contributed by atoms with E-state index in [-0.39, 0.29) is 12.1 Å². The second-order valence-corrected chi connectivity index (χ2v) is 6.52. The van der Waals surface area contributed by atoms with Gasteiger partial charge < -0.3 is 14.6 Å². The summed E-state index contributed by atoms with van der Waals surface area (Å²) in [5.41, 5.74) is 2.55. The summed E-state index contributed by atoms with van der Waals surface area (Å²) in [6.45, 7) is 4.27. The number of allylic oxidation sites excluding steroid dienone is 1.